The average molecular weight is 478 g/mol. The molecule has 0 N–H and O–H groups in total. The van der Waals surface area contributed by atoms with Gasteiger partial charge in [-0.2, -0.15) is 0 Å². The summed E-state index contributed by atoms with van der Waals surface area (Å²) in [5.74, 6) is 0.589. The number of hydrogen-bond acceptors (Lipinski definition) is 0. The summed E-state index contributed by atoms with van der Waals surface area (Å²) in [6.45, 7) is 2.30. The molecule has 0 atom stereocenters. The van der Waals surface area contributed by atoms with Gasteiger partial charge in [0.25, 0.3) is 0 Å². The monoisotopic (exact) mass is 477 g/mol. The number of benzene rings is 3. The molecule has 33 heavy (non-hydrogen) atoms. The minimum atomic E-state index is -0.168. The molecule has 1 radical (unpaired) electrons. The van der Waals surface area contributed by atoms with Gasteiger partial charge in [0.1, 0.15) is 5.82 Å². The van der Waals surface area contributed by atoms with Gasteiger partial charge < -0.3 is 0 Å². The Morgan fingerprint density at radius 3 is 2.18 bits per heavy atom. The largest absolute Gasteiger partial charge is 0.206 e. The van der Waals surface area contributed by atoms with E-state index in [2.05, 4.69) is 31.2 Å². The molecule has 0 aliphatic carbocycles. The summed E-state index contributed by atoms with van der Waals surface area (Å²) in [6, 6.07) is 26.7. The molecular formula is C30H35ClFSi. The van der Waals surface area contributed by atoms with Crippen molar-refractivity contribution >= 4 is 20.4 Å². The van der Waals surface area contributed by atoms with Crippen LogP contribution in [0.4, 0.5) is 4.39 Å². The summed E-state index contributed by atoms with van der Waals surface area (Å²) >= 11 is 5.95. The van der Waals surface area contributed by atoms with E-state index >= 15 is 0 Å². The van der Waals surface area contributed by atoms with Gasteiger partial charge in [-0.15, -0.1) is 0 Å². The first-order valence-corrected chi connectivity index (χ1v) is 15.1. The lowest BCUT2D eigenvalue weighted by Crippen LogP contribution is -2.20. The highest BCUT2D eigenvalue weighted by molar-refractivity contribution is 6.59. The SMILES string of the molecule is CCCCC[Si]1CCC(c2ccc(CCc3ccc(-c4ccc(Cl)cc4)c(F)c3)cc2)CC1. The molecule has 1 aliphatic heterocycles. The van der Waals surface area contributed by atoms with Crippen molar-refractivity contribution in [2.75, 3.05) is 0 Å². The van der Waals surface area contributed by atoms with Gasteiger partial charge >= 0.3 is 0 Å². The van der Waals surface area contributed by atoms with Crippen molar-refractivity contribution in [1.82, 2.24) is 0 Å². The van der Waals surface area contributed by atoms with E-state index in [-0.39, 0.29) is 14.6 Å². The molecular weight excluding hydrogens is 443 g/mol. The minimum absolute atomic E-state index is 0.0695. The predicted octanol–water partition coefficient (Wildman–Crippen LogP) is 9.49. The summed E-state index contributed by atoms with van der Waals surface area (Å²) < 4.78 is 14.7. The van der Waals surface area contributed by atoms with Gasteiger partial charge in [-0.3, -0.25) is 0 Å². The van der Waals surface area contributed by atoms with Crippen LogP contribution in [0.15, 0.2) is 66.7 Å². The number of hydrogen-bond donors (Lipinski definition) is 0. The zero-order valence-corrected chi connectivity index (χ0v) is 21.5. The molecule has 4 rings (SSSR count). The fraction of sp³-hybridized carbons (Fsp3) is 0.400. The lowest BCUT2D eigenvalue weighted by Gasteiger charge is -2.28. The molecule has 0 spiro atoms. The second-order valence-corrected chi connectivity index (χ2v) is 13.0. The maximum Gasteiger partial charge on any atom is 0.131 e. The molecule has 0 bridgehead atoms. The van der Waals surface area contributed by atoms with E-state index in [4.69, 9.17) is 11.6 Å². The molecule has 0 aromatic heterocycles. The van der Waals surface area contributed by atoms with Gasteiger partial charge in [0.2, 0.25) is 0 Å². The molecule has 3 heteroatoms. The number of rotatable bonds is 9. The summed E-state index contributed by atoms with van der Waals surface area (Å²) in [5.41, 5.74) is 5.38. The van der Waals surface area contributed by atoms with Crippen molar-refractivity contribution in [3.8, 4) is 11.1 Å². The first kappa shape index (κ1) is 24.2. The summed E-state index contributed by atoms with van der Waals surface area (Å²) in [5, 5.41) is 0.665. The number of unbranched alkanes of at least 4 members (excludes halogenated alkanes) is 2. The Hall–Kier alpha value is -1.90. The summed E-state index contributed by atoms with van der Waals surface area (Å²) in [4.78, 5) is 0. The van der Waals surface area contributed by atoms with Crippen molar-refractivity contribution in [2.45, 2.75) is 75.9 Å². The van der Waals surface area contributed by atoms with Crippen LogP contribution in [0.5, 0.6) is 0 Å². The molecule has 0 nitrogen and oxygen atoms in total. The van der Waals surface area contributed by atoms with E-state index < -0.39 is 0 Å². The fourth-order valence-electron chi connectivity index (χ4n) is 5.06. The van der Waals surface area contributed by atoms with E-state index in [0.717, 1.165) is 29.9 Å². The van der Waals surface area contributed by atoms with Gasteiger partial charge in [-0.25, -0.2) is 4.39 Å². The van der Waals surface area contributed by atoms with Crippen LogP contribution in [0.25, 0.3) is 11.1 Å². The zero-order valence-electron chi connectivity index (χ0n) is 19.8. The van der Waals surface area contributed by atoms with Crippen LogP contribution in [-0.4, -0.2) is 8.80 Å². The second kappa shape index (κ2) is 12.0. The molecule has 1 saturated heterocycles. The Morgan fingerprint density at radius 1 is 0.848 bits per heavy atom. The Balaban J connectivity index is 1.28. The van der Waals surface area contributed by atoms with Gasteiger partial charge in [-0.05, 0) is 72.1 Å². The van der Waals surface area contributed by atoms with Crippen molar-refractivity contribution in [2.24, 2.45) is 0 Å². The fourth-order valence-corrected chi connectivity index (χ4v) is 8.20. The molecule has 1 fully saturated rings. The van der Waals surface area contributed by atoms with Crippen LogP contribution >= 0.6 is 11.6 Å². The van der Waals surface area contributed by atoms with Gasteiger partial charge in [0.15, 0.2) is 0 Å². The molecule has 1 aliphatic rings. The summed E-state index contributed by atoms with van der Waals surface area (Å²) in [6.07, 6.45) is 8.78. The van der Waals surface area contributed by atoms with Crippen LogP contribution in [0.1, 0.15) is 61.6 Å². The summed E-state index contributed by atoms with van der Waals surface area (Å²) in [7, 11) is -0.0695. The zero-order chi connectivity index (χ0) is 23.0. The third-order valence-corrected chi connectivity index (χ3v) is 10.5. The second-order valence-electron chi connectivity index (χ2n) is 9.54. The molecule has 1 heterocycles. The maximum atomic E-state index is 14.7. The number of halogens is 2. The normalized spacial score (nSPS) is 15.1. The topological polar surface area (TPSA) is 0 Å². The van der Waals surface area contributed by atoms with E-state index in [1.54, 1.807) is 18.2 Å². The van der Waals surface area contributed by atoms with E-state index in [1.165, 1.54) is 61.4 Å². The van der Waals surface area contributed by atoms with Crippen LogP contribution in [0.3, 0.4) is 0 Å². The van der Waals surface area contributed by atoms with Crippen LogP contribution < -0.4 is 0 Å². The third kappa shape index (κ3) is 6.80. The number of aryl methyl sites for hydroxylation is 2. The Bertz CT molecular complexity index is 1000. The van der Waals surface area contributed by atoms with E-state index in [0.29, 0.717) is 10.6 Å². The quantitative estimate of drug-likeness (QED) is 0.212. The minimum Gasteiger partial charge on any atom is -0.206 e. The van der Waals surface area contributed by atoms with Crippen molar-refractivity contribution < 1.29 is 4.39 Å². The van der Waals surface area contributed by atoms with Crippen LogP contribution in [0.2, 0.25) is 23.2 Å². The maximum absolute atomic E-state index is 14.7. The Labute approximate surface area is 205 Å². The molecule has 0 saturated carbocycles. The molecule has 3 aromatic carbocycles. The van der Waals surface area contributed by atoms with E-state index in [9.17, 15) is 4.39 Å². The van der Waals surface area contributed by atoms with Gasteiger partial charge in [0.05, 0.1) is 0 Å². The molecule has 0 amide bonds. The van der Waals surface area contributed by atoms with Crippen molar-refractivity contribution in [1.29, 1.82) is 0 Å². The lowest BCUT2D eigenvalue weighted by atomic mass is 9.92. The Morgan fingerprint density at radius 2 is 1.52 bits per heavy atom. The predicted molar refractivity (Wildman–Crippen MR) is 142 cm³/mol. The highest BCUT2D eigenvalue weighted by Gasteiger charge is 2.23. The smallest absolute Gasteiger partial charge is 0.131 e. The highest BCUT2D eigenvalue weighted by Crippen LogP contribution is 2.35. The van der Waals surface area contributed by atoms with E-state index in [1.807, 2.05) is 24.3 Å². The van der Waals surface area contributed by atoms with Crippen LogP contribution in [0, 0.1) is 5.82 Å². The van der Waals surface area contributed by atoms with Crippen LogP contribution in [-0.2, 0) is 12.8 Å². The Kier molecular flexibility index (Phi) is 8.80. The lowest BCUT2D eigenvalue weighted by molar-refractivity contribution is 0.603. The van der Waals surface area contributed by atoms with Crippen molar-refractivity contribution in [3.05, 3.63) is 94.3 Å². The van der Waals surface area contributed by atoms with Gasteiger partial charge in [0, 0.05) is 19.4 Å². The third-order valence-electron chi connectivity index (χ3n) is 7.17. The standard InChI is InChI=1S/C30H35ClFSi/c1-2-3-4-19-33-20-17-26(18-21-33)25-10-7-23(8-11-25)5-6-24-9-16-29(30(32)22-24)27-12-14-28(31)15-13-27/h7-16,22,26H,2-6,17-21H2,1H3. The molecule has 173 valence electrons. The first-order chi connectivity index (χ1) is 16.1. The first-order valence-electron chi connectivity index (χ1n) is 12.6. The van der Waals surface area contributed by atoms with Gasteiger partial charge in [-0.1, -0.05) is 104 Å². The molecule has 3 aromatic rings. The average Bonchev–Trinajstić information content (AvgIpc) is 2.84. The van der Waals surface area contributed by atoms with Crippen molar-refractivity contribution in [3.63, 3.8) is 0 Å². The highest BCUT2D eigenvalue weighted by atomic mass is 35.5. The molecule has 0 unspecified atom stereocenters.